The molecule has 0 spiro atoms. The predicted octanol–water partition coefficient (Wildman–Crippen LogP) is 14.3. The molecule has 0 saturated heterocycles. The lowest BCUT2D eigenvalue weighted by Crippen LogP contribution is -2.16. The monoisotopic (exact) mass is 663 g/mol. The zero-order chi connectivity index (χ0) is 34.8. The van der Waals surface area contributed by atoms with Gasteiger partial charge in [0.15, 0.2) is 0 Å². The second-order valence-corrected chi connectivity index (χ2v) is 14.5. The molecule has 10 rings (SSSR count). The maximum Gasteiger partial charge on any atom is 0.0543 e. The summed E-state index contributed by atoms with van der Waals surface area (Å²) >= 11 is 0. The molecule has 0 fully saturated rings. The minimum absolute atomic E-state index is 0.0915. The van der Waals surface area contributed by atoms with Crippen LogP contribution in [0.15, 0.2) is 188 Å². The van der Waals surface area contributed by atoms with Crippen molar-refractivity contribution in [1.29, 1.82) is 0 Å². The SMILES string of the molecule is CC1(C)c2ccccc2-c2c(N(c3ccc(-c4cc5ccc6ccccc6c5c5ccccc45)cc3)c3cccc(-c4ccccc4)c3)cccc21. The van der Waals surface area contributed by atoms with E-state index in [-0.39, 0.29) is 5.41 Å². The number of benzene rings is 9. The Morgan fingerprint density at radius 1 is 0.385 bits per heavy atom. The van der Waals surface area contributed by atoms with Crippen molar-refractivity contribution in [1.82, 2.24) is 0 Å². The summed E-state index contributed by atoms with van der Waals surface area (Å²) in [7, 11) is 0. The van der Waals surface area contributed by atoms with Crippen LogP contribution in [0.5, 0.6) is 0 Å². The van der Waals surface area contributed by atoms with Crippen molar-refractivity contribution >= 4 is 49.4 Å². The second-order valence-electron chi connectivity index (χ2n) is 14.5. The summed E-state index contributed by atoms with van der Waals surface area (Å²) in [6.45, 7) is 4.71. The van der Waals surface area contributed by atoms with Crippen LogP contribution >= 0.6 is 0 Å². The molecule has 1 aliphatic rings. The summed E-state index contributed by atoms with van der Waals surface area (Å²) in [5, 5.41) is 7.71. The first-order chi connectivity index (χ1) is 25.6. The lowest BCUT2D eigenvalue weighted by molar-refractivity contribution is 0.660. The van der Waals surface area contributed by atoms with Gasteiger partial charge in [0.2, 0.25) is 0 Å². The van der Waals surface area contributed by atoms with Crippen molar-refractivity contribution in [3.63, 3.8) is 0 Å². The molecule has 0 aliphatic heterocycles. The van der Waals surface area contributed by atoms with Crippen LogP contribution in [-0.2, 0) is 5.41 Å². The van der Waals surface area contributed by atoms with E-state index >= 15 is 0 Å². The standard InChI is InChI=1S/C51H37N/c1-51(2)46-23-11-10-22-44(46)50-47(51)24-13-25-48(50)52(40-18-12-17-37(32-40)34-14-4-3-5-15-34)39-30-28-36(29-31-39)45-33-38-27-26-35-16-6-7-19-41(35)49(38)43-21-9-8-20-42(43)45/h3-33H,1-2H3. The van der Waals surface area contributed by atoms with Crippen molar-refractivity contribution in [3.8, 4) is 33.4 Å². The van der Waals surface area contributed by atoms with Gasteiger partial charge in [-0.1, -0.05) is 166 Å². The minimum Gasteiger partial charge on any atom is -0.310 e. The molecule has 0 radical (unpaired) electrons. The number of fused-ring (bicyclic) bond motifs is 8. The van der Waals surface area contributed by atoms with E-state index in [2.05, 4.69) is 207 Å². The summed E-state index contributed by atoms with van der Waals surface area (Å²) in [5.41, 5.74) is 13.6. The Balaban J connectivity index is 1.17. The topological polar surface area (TPSA) is 3.24 Å². The molecular weight excluding hydrogens is 627 g/mol. The minimum atomic E-state index is -0.0915. The maximum absolute atomic E-state index is 2.46. The van der Waals surface area contributed by atoms with Gasteiger partial charge in [-0.25, -0.2) is 0 Å². The van der Waals surface area contributed by atoms with Crippen molar-refractivity contribution in [2.45, 2.75) is 19.3 Å². The summed E-state index contributed by atoms with van der Waals surface area (Å²) in [5.74, 6) is 0. The van der Waals surface area contributed by atoms with Crippen LogP contribution in [0.3, 0.4) is 0 Å². The molecule has 0 amide bonds. The Hall–Kier alpha value is -6.44. The Morgan fingerprint density at radius 3 is 1.88 bits per heavy atom. The number of hydrogen-bond donors (Lipinski definition) is 0. The quantitative estimate of drug-likeness (QED) is 0.166. The Bertz CT molecular complexity index is 2810. The van der Waals surface area contributed by atoms with Crippen LogP contribution < -0.4 is 4.90 Å². The predicted molar refractivity (Wildman–Crippen MR) is 222 cm³/mol. The van der Waals surface area contributed by atoms with Gasteiger partial charge in [-0.3, -0.25) is 0 Å². The largest absolute Gasteiger partial charge is 0.310 e. The van der Waals surface area contributed by atoms with Gasteiger partial charge in [0.05, 0.1) is 5.69 Å². The molecule has 0 unspecified atom stereocenters. The van der Waals surface area contributed by atoms with Crippen LogP contribution in [0.25, 0.3) is 65.7 Å². The summed E-state index contributed by atoms with van der Waals surface area (Å²) in [6.07, 6.45) is 0. The highest BCUT2D eigenvalue weighted by atomic mass is 15.1. The Morgan fingerprint density at radius 2 is 1.04 bits per heavy atom. The number of rotatable bonds is 5. The lowest BCUT2D eigenvalue weighted by Gasteiger charge is -2.29. The third-order valence-corrected chi connectivity index (χ3v) is 11.2. The first-order valence-corrected chi connectivity index (χ1v) is 18.2. The molecule has 1 nitrogen and oxygen atoms in total. The number of anilines is 3. The molecular formula is C51H37N. The molecule has 0 saturated carbocycles. The number of nitrogens with zero attached hydrogens (tertiary/aromatic N) is 1. The average Bonchev–Trinajstić information content (AvgIpc) is 3.44. The smallest absolute Gasteiger partial charge is 0.0543 e. The third-order valence-electron chi connectivity index (χ3n) is 11.2. The molecule has 0 atom stereocenters. The molecule has 9 aromatic carbocycles. The highest BCUT2D eigenvalue weighted by Gasteiger charge is 2.37. The fraction of sp³-hybridized carbons (Fsp3) is 0.0588. The van der Waals surface area contributed by atoms with E-state index in [1.54, 1.807) is 0 Å². The van der Waals surface area contributed by atoms with E-state index in [9.17, 15) is 0 Å². The molecule has 52 heavy (non-hydrogen) atoms. The second kappa shape index (κ2) is 11.8. The first-order valence-electron chi connectivity index (χ1n) is 18.2. The van der Waals surface area contributed by atoms with Gasteiger partial charge in [-0.2, -0.15) is 0 Å². The fourth-order valence-electron chi connectivity index (χ4n) is 8.71. The van der Waals surface area contributed by atoms with Gasteiger partial charge in [-0.05, 0) is 108 Å². The van der Waals surface area contributed by atoms with Crippen molar-refractivity contribution in [2.75, 3.05) is 4.90 Å². The van der Waals surface area contributed by atoms with Crippen LogP contribution in [0.4, 0.5) is 17.1 Å². The average molecular weight is 664 g/mol. The molecule has 1 heteroatoms. The van der Waals surface area contributed by atoms with E-state index in [0.29, 0.717) is 0 Å². The van der Waals surface area contributed by atoms with Gasteiger partial charge in [0.25, 0.3) is 0 Å². The van der Waals surface area contributed by atoms with Gasteiger partial charge < -0.3 is 4.90 Å². The molecule has 1 aliphatic carbocycles. The van der Waals surface area contributed by atoms with Gasteiger partial charge >= 0.3 is 0 Å². The van der Waals surface area contributed by atoms with Crippen LogP contribution in [-0.4, -0.2) is 0 Å². The van der Waals surface area contributed by atoms with Gasteiger partial charge in [-0.15, -0.1) is 0 Å². The Kier molecular flexibility index (Phi) is 6.91. The van der Waals surface area contributed by atoms with Crippen LogP contribution in [0.2, 0.25) is 0 Å². The highest BCUT2D eigenvalue weighted by Crippen LogP contribution is 2.54. The summed E-state index contributed by atoms with van der Waals surface area (Å²) in [4.78, 5) is 2.46. The first kappa shape index (κ1) is 30.4. The fourth-order valence-corrected chi connectivity index (χ4v) is 8.71. The van der Waals surface area contributed by atoms with E-state index in [1.165, 1.54) is 82.5 Å². The van der Waals surface area contributed by atoms with E-state index in [0.717, 1.165) is 11.4 Å². The Labute approximate surface area is 305 Å². The van der Waals surface area contributed by atoms with Gasteiger partial charge in [0, 0.05) is 22.4 Å². The highest BCUT2D eigenvalue weighted by molar-refractivity contribution is 6.23. The molecule has 0 bridgehead atoms. The van der Waals surface area contributed by atoms with Crippen molar-refractivity contribution in [3.05, 3.63) is 199 Å². The number of hydrogen-bond acceptors (Lipinski definition) is 1. The lowest BCUT2D eigenvalue weighted by atomic mass is 9.82. The zero-order valence-electron chi connectivity index (χ0n) is 29.3. The third kappa shape index (κ3) is 4.70. The summed E-state index contributed by atoms with van der Waals surface area (Å²) in [6, 6.07) is 69.1. The van der Waals surface area contributed by atoms with E-state index < -0.39 is 0 Å². The molecule has 0 aromatic heterocycles. The molecule has 9 aromatic rings. The maximum atomic E-state index is 2.46. The normalized spacial score (nSPS) is 13.0. The zero-order valence-corrected chi connectivity index (χ0v) is 29.3. The molecule has 246 valence electrons. The summed E-state index contributed by atoms with van der Waals surface area (Å²) < 4.78 is 0. The van der Waals surface area contributed by atoms with E-state index in [4.69, 9.17) is 0 Å². The van der Waals surface area contributed by atoms with Crippen LogP contribution in [0.1, 0.15) is 25.0 Å². The van der Waals surface area contributed by atoms with Crippen molar-refractivity contribution < 1.29 is 0 Å². The van der Waals surface area contributed by atoms with E-state index in [1.807, 2.05) is 0 Å². The van der Waals surface area contributed by atoms with Gasteiger partial charge in [0.1, 0.15) is 0 Å². The molecule has 0 N–H and O–H groups in total. The van der Waals surface area contributed by atoms with Crippen molar-refractivity contribution in [2.24, 2.45) is 0 Å². The molecule has 0 heterocycles. The van der Waals surface area contributed by atoms with Crippen LogP contribution in [0, 0.1) is 0 Å².